The first kappa shape index (κ1) is 21.9. The first-order valence-corrected chi connectivity index (χ1v) is 9.40. The maximum Gasteiger partial charge on any atom is 0.145 e. The average molecular weight is 386 g/mol. The molecule has 0 heterocycles. The van der Waals surface area contributed by atoms with Crippen LogP contribution in [0.25, 0.3) is 0 Å². The maximum atomic E-state index is 12.5. The van der Waals surface area contributed by atoms with Crippen LogP contribution >= 0.6 is 0 Å². The van der Waals surface area contributed by atoms with E-state index in [0.29, 0.717) is 22.9 Å². The van der Waals surface area contributed by atoms with E-state index in [-0.39, 0.29) is 13.2 Å². The summed E-state index contributed by atoms with van der Waals surface area (Å²) in [7, 11) is 0. The molecule has 6 nitrogen and oxygen atoms in total. The molecule has 0 N–H and O–H groups in total. The van der Waals surface area contributed by atoms with Gasteiger partial charge in [-0.25, -0.2) is 10.1 Å². The quantitative estimate of drug-likeness (QED) is 0.494. The highest BCUT2D eigenvalue weighted by atomic mass is 16.5. The van der Waals surface area contributed by atoms with Crippen LogP contribution in [-0.4, -0.2) is 24.3 Å². The predicted octanol–water partition coefficient (Wildman–Crippen LogP) is 5.05. The van der Waals surface area contributed by atoms with Crippen LogP contribution in [0.5, 0.6) is 11.5 Å². The van der Waals surface area contributed by atoms with Crippen molar-refractivity contribution in [1.29, 1.82) is 0 Å². The van der Waals surface area contributed by atoms with Gasteiger partial charge < -0.3 is 9.47 Å². The van der Waals surface area contributed by atoms with E-state index in [1.54, 1.807) is 36.4 Å². The topological polar surface area (TPSA) is 64.7 Å². The van der Waals surface area contributed by atoms with E-state index in [0.717, 1.165) is 10.1 Å². The Bertz CT molecular complexity index is 700. The molecule has 0 amide bonds. The van der Waals surface area contributed by atoms with Gasteiger partial charge >= 0.3 is 0 Å². The smallest absolute Gasteiger partial charge is 0.145 e. The highest BCUT2D eigenvalue weighted by Gasteiger charge is 2.25. The van der Waals surface area contributed by atoms with Crippen LogP contribution in [0.4, 0.5) is 11.4 Å². The molecule has 0 aliphatic heterocycles. The number of hydrogen-bond donors (Lipinski definition) is 0. The Kier molecular flexibility index (Phi) is 6.80. The third-order valence-corrected chi connectivity index (χ3v) is 3.99. The zero-order chi connectivity index (χ0) is 20.9. The van der Waals surface area contributed by atoms with E-state index in [4.69, 9.17) is 9.47 Å². The number of hydrogen-bond acceptors (Lipinski definition) is 4. The molecule has 0 unspecified atom stereocenters. The van der Waals surface area contributed by atoms with E-state index in [2.05, 4.69) is 0 Å². The molecular formula is C22H30N2O4. The summed E-state index contributed by atoms with van der Waals surface area (Å²) in [5.74, 6) is 1.01. The highest BCUT2D eigenvalue weighted by Crippen LogP contribution is 2.33. The average Bonchev–Trinajstić information content (AvgIpc) is 2.63. The van der Waals surface area contributed by atoms with Gasteiger partial charge in [-0.3, -0.25) is 0 Å². The molecule has 0 fully saturated rings. The van der Waals surface area contributed by atoms with Gasteiger partial charge in [0, 0.05) is 0 Å². The van der Waals surface area contributed by atoms with E-state index < -0.39 is 11.1 Å². The molecule has 28 heavy (non-hydrogen) atoms. The standard InChI is InChI=1S/C22H30N2O4/c1-21(2,3)23(25)17-11-7-9-13-19(17)27-15-16-28-20-14-10-8-12-18(20)24(26)22(4,5)6/h7-14H,15-16H2,1-6H3. The number of benzene rings is 2. The van der Waals surface area contributed by atoms with Gasteiger partial charge in [0.2, 0.25) is 0 Å². The molecule has 0 atom stereocenters. The fraction of sp³-hybridized carbons (Fsp3) is 0.455. The van der Waals surface area contributed by atoms with Crippen LogP contribution in [0.2, 0.25) is 0 Å². The number of para-hydroxylation sites is 4. The summed E-state index contributed by atoms with van der Waals surface area (Å²) in [6, 6.07) is 14.3. The Morgan fingerprint density at radius 2 is 0.964 bits per heavy atom. The summed E-state index contributed by atoms with van der Waals surface area (Å²) in [5.41, 5.74) is -0.179. The Balaban J connectivity index is 2.02. The van der Waals surface area contributed by atoms with Crippen LogP contribution in [0.3, 0.4) is 0 Å². The van der Waals surface area contributed by atoms with Crippen molar-refractivity contribution in [2.24, 2.45) is 0 Å². The van der Waals surface area contributed by atoms with Gasteiger partial charge in [-0.05, 0) is 65.8 Å². The molecule has 2 aromatic rings. The van der Waals surface area contributed by atoms with Crippen LogP contribution in [0.15, 0.2) is 48.5 Å². The van der Waals surface area contributed by atoms with Gasteiger partial charge in [-0.1, -0.05) is 34.7 Å². The minimum absolute atomic E-state index is 0.248. The van der Waals surface area contributed by atoms with E-state index >= 15 is 0 Å². The molecule has 2 rings (SSSR count). The molecule has 6 heteroatoms. The van der Waals surface area contributed by atoms with Gasteiger partial charge in [-0.15, -0.1) is 0 Å². The second-order valence-corrected chi connectivity index (χ2v) is 8.56. The highest BCUT2D eigenvalue weighted by molar-refractivity contribution is 5.58. The lowest BCUT2D eigenvalue weighted by Gasteiger charge is -2.30. The lowest BCUT2D eigenvalue weighted by atomic mass is 10.1. The van der Waals surface area contributed by atoms with Crippen LogP contribution in [-0.2, 0) is 10.4 Å². The summed E-state index contributed by atoms with van der Waals surface area (Å²) in [6.07, 6.45) is 0. The SMILES string of the molecule is CC(C)(C)N([O])c1ccccc1OCCOc1ccccc1N([O])C(C)(C)C. The maximum absolute atomic E-state index is 12.5. The summed E-state index contributed by atoms with van der Waals surface area (Å²) in [4.78, 5) is 0. The molecule has 0 aliphatic rings. The molecule has 0 saturated carbocycles. The monoisotopic (exact) mass is 386 g/mol. The van der Waals surface area contributed by atoms with Crippen molar-refractivity contribution in [3.8, 4) is 11.5 Å². The molecule has 152 valence electrons. The van der Waals surface area contributed by atoms with Crippen molar-refractivity contribution >= 4 is 11.4 Å². The van der Waals surface area contributed by atoms with E-state index in [1.165, 1.54) is 0 Å². The summed E-state index contributed by atoms with van der Waals surface area (Å²) < 4.78 is 11.6. The van der Waals surface area contributed by atoms with Crippen LogP contribution in [0.1, 0.15) is 41.5 Å². The molecule has 0 bridgehead atoms. The van der Waals surface area contributed by atoms with Crippen LogP contribution in [0, 0.1) is 0 Å². The van der Waals surface area contributed by atoms with Crippen molar-refractivity contribution in [3.05, 3.63) is 48.5 Å². The Hall–Kier alpha value is -2.44. The predicted molar refractivity (Wildman–Crippen MR) is 110 cm³/mol. The van der Waals surface area contributed by atoms with Gasteiger partial charge in [0.15, 0.2) is 0 Å². The zero-order valence-corrected chi connectivity index (χ0v) is 17.6. The Labute approximate surface area is 167 Å². The van der Waals surface area contributed by atoms with Gasteiger partial charge in [0.25, 0.3) is 0 Å². The number of ether oxygens (including phenoxy) is 2. The largest absolute Gasteiger partial charge is 0.488 e. The minimum atomic E-state index is -0.570. The third-order valence-electron chi connectivity index (χ3n) is 3.99. The zero-order valence-electron chi connectivity index (χ0n) is 17.6. The Morgan fingerprint density at radius 3 is 1.29 bits per heavy atom. The minimum Gasteiger partial charge on any atom is -0.488 e. The summed E-state index contributed by atoms with van der Waals surface area (Å²) in [6.45, 7) is 11.6. The molecular weight excluding hydrogens is 356 g/mol. The van der Waals surface area contributed by atoms with Crippen LogP contribution < -0.4 is 19.6 Å². The Morgan fingerprint density at radius 1 is 0.643 bits per heavy atom. The molecule has 2 aromatic carbocycles. The number of nitrogens with zero attached hydrogens (tertiary/aromatic N) is 2. The van der Waals surface area contributed by atoms with E-state index in [1.807, 2.05) is 53.7 Å². The van der Waals surface area contributed by atoms with Crippen molar-refractivity contribution in [2.75, 3.05) is 23.3 Å². The first-order valence-electron chi connectivity index (χ1n) is 9.40. The lowest BCUT2D eigenvalue weighted by Crippen LogP contribution is -2.37. The molecule has 2 radical (unpaired) electrons. The summed E-state index contributed by atoms with van der Waals surface area (Å²) in [5, 5.41) is 26.9. The third kappa shape index (κ3) is 5.53. The second kappa shape index (κ2) is 8.71. The molecule has 0 spiro atoms. The second-order valence-electron chi connectivity index (χ2n) is 8.56. The van der Waals surface area contributed by atoms with E-state index in [9.17, 15) is 10.4 Å². The summed E-state index contributed by atoms with van der Waals surface area (Å²) >= 11 is 0. The van der Waals surface area contributed by atoms with Gasteiger partial charge in [-0.2, -0.15) is 0 Å². The molecule has 0 aromatic heterocycles. The van der Waals surface area contributed by atoms with Crippen molar-refractivity contribution in [3.63, 3.8) is 0 Å². The fourth-order valence-corrected chi connectivity index (χ4v) is 2.52. The van der Waals surface area contributed by atoms with Crippen molar-refractivity contribution in [1.82, 2.24) is 0 Å². The fourth-order valence-electron chi connectivity index (χ4n) is 2.52. The van der Waals surface area contributed by atoms with Crippen molar-refractivity contribution in [2.45, 2.75) is 52.6 Å². The molecule has 0 saturated heterocycles. The number of anilines is 2. The lowest BCUT2D eigenvalue weighted by molar-refractivity contribution is 0.0976. The van der Waals surface area contributed by atoms with Gasteiger partial charge in [0.05, 0.1) is 11.1 Å². The number of hydroxylamine groups is 2. The number of rotatable bonds is 7. The van der Waals surface area contributed by atoms with Gasteiger partial charge in [0.1, 0.15) is 36.1 Å². The molecule has 0 aliphatic carbocycles. The normalized spacial score (nSPS) is 11.9. The van der Waals surface area contributed by atoms with Crippen molar-refractivity contribution < 1.29 is 19.9 Å². The first-order chi connectivity index (χ1) is 13.0.